The molecule has 0 aliphatic rings. The Hall–Kier alpha value is -2.04. The summed E-state index contributed by atoms with van der Waals surface area (Å²) in [6.07, 6.45) is 0.00298. The number of nitrogens with zero attached hydrogens (tertiary/aromatic N) is 1. The average Bonchev–Trinajstić information content (AvgIpc) is 2.52. The van der Waals surface area contributed by atoms with Gasteiger partial charge in [0.2, 0.25) is 0 Å². The number of carbonyl (C=O) groups excluding carboxylic acids is 1. The van der Waals surface area contributed by atoms with Crippen LogP contribution < -0.4 is 0 Å². The third-order valence-electron chi connectivity index (χ3n) is 4.28. The number of amides is 1. The molecule has 5 nitrogen and oxygen atoms in total. The lowest BCUT2D eigenvalue weighted by Gasteiger charge is -2.40. The number of rotatable bonds is 8. The average molecular weight is 335 g/mol. The van der Waals surface area contributed by atoms with E-state index in [2.05, 4.69) is 0 Å². The maximum absolute atomic E-state index is 12.5. The Labute approximate surface area is 144 Å². The Morgan fingerprint density at radius 2 is 1.88 bits per heavy atom. The molecule has 0 heterocycles. The van der Waals surface area contributed by atoms with Crippen molar-refractivity contribution in [2.24, 2.45) is 5.92 Å². The lowest BCUT2D eigenvalue weighted by atomic mass is 9.84. The van der Waals surface area contributed by atoms with Gasteiger partial charge in [-0.1, -0.05) is 45.0 Å². The van der Waals surface area contributed by atoms with Gasteiger partial charge in [0.15, 0.2) is 0 Å². The Morgan fingerprint density at radius 1 is 1.25 bits per heavy atom. The normalized spacial score (nSPS) is 13.4. The van der Waals surface area contributed by atoms with Crippen LogP contribution in [0.3, 0.4) is 0 Å². The Kier molecular flexibility index (Phi) is 7.26. The lowest BCUT2D eigenvalue weighted by molar-refractivity contribution is -0.151. The number of carboxylic acids is 1. The van der Waals surface area contributed by atoms with Gasteiger partial charge in [0.05, 0.1) is 6.61 Å². The molecule has 0 aliphatic heterocycles. The largest absolute Gasteiger partial charge is 0.479 e. The molecule has 0 aromatic heterocycles. The van der Waals surface area contributed by atoms with Gasteiger partial charge in [-0.2, -0.15) is 0 Å². The highest BCUT2D eigenvalue weighted by Gasteiger charge is 2.46. The molecule has 0 spiro atoms. The summed E-state index contributed by atoms with van der Waals surface area (Å²) in [5.41, 5.74) is 0.632. The van der Waals surface area contributed by atoms with E-state index in [4.69, 9.17) is 4.74 Å². The number of hydrogen-bond acceptors (Lipinski definition) is 3. The predicted octanol–water partition coefficient (Wildman–Crippen LogP) is 3.89. The van der Waals surface area contributed by atoms with Gasteiger partial charge < -0.3 is 9.84 Å². The quantitative estimate of drug-likeness (QED) is 0.783. The van der Waals surface area contributed by atoms with Gasteiger partial charge in [0.1, 0.15) is 5.54 Å². The number of benzene rings is 1. The highest BCUT2D eigenvalue weighted by Crippen LogP contribution is 2.29. The van der Waals surface area contributed by atoms with Gasteiger partial charge >= 0.3 is 12.1 Å². The van der Waals surface area contributed by atoms with Gasteiger partial charge in [0.25, 0.3) is 0 Å². The second-order valence-electron chi connectivity index (χ2n) is 6.50. The van der Waals surface area contributed by atoms with E-state index in [-0.39, 0.29) is 18.9 Å². The van der Waals surface area contributed by atoms with Crippen molar-refractivity contribution < 1.29 is 19.4 Å². The highest BCUT2D eigenvalue weighted by molar-refractivity contribution is 5.85. The van der Waals surface area contributed by atoms with Gasteiger partial charge in [0, 0.05) is 13.0 Å². The molecule has 0 fully saturated rings. The minimum Gasteiger partial charge on any atom is -0.479 e. The number of carboxylic acid groups (broad SMARTS) is 1. The molecule has 0 bridgehead atoms. The van der Waals surface area contributed by atoms with Crippen LogP contribution in [-0.2, 0) is 16.0 Å². The van der Waals surface area contributed by atoms with Gasteiger partial charge in [-0.3, -0.25) is 4.90 Å². The molecule has 1 aromatic carbocycles. The first-order valence-corrected chi connectivity index (χ1v) is 8.50. The molecule has 0 aliphatic carbocycles. The molecule has 0 radical (unpaired) electrons. The summed E-state index contributed by atoms with van der Waals surface area (Å²) in [5, 5.41) is 10.0. The molecule has 0 saturated carbocycles. The second kappa shape index (κ2) is 8.71. The number of carbonyl (C=O) groups is 2. The monoisotopic (exact) mass is 335 g/mol. The van der Waals surface area contributed by atoms with Crippen molar-refractivity contribution in [3.05, 3.63) is 35.4 Å². The van der Waals surface area contributed by atoms with Gasteiger partial charge in [-0.05, 0) is 37.3 Å². The van der Waals surface area contributed by atoms with Crippen molar-refractivity contribution >= 4 is 12.1 Å². The van der Waals surface area contributed by atoms with E-state index in [1.807, 2.05) is 45.0 Å². The molecular weight excluding hydrogens is 306 g/mol. The molecule has 1 rings (SSSR count). The topological polar surface area (TPSA) is 66.8 Å². The van der Waals surface area contributed by atoms with Crippen LogP contribution in [0.5, 0.6) is 0 Å². The number of ether oxygens (including phenoxy) is 1. The third kappa shape index (κ3) is 4.49. The Morgan fingerprint density at radius 3 is 2.33 bits per heavy atom. The maximum atomic E-state index is 12.5. The first kappa shape index (κ1) is 20.0. The van der Waals surface area contributed by atoms with Crippen LogP contribution in [0.15, 0.2) is 24.3 Å². The number of aryl methyl sites for hydroxylation is 1. The van der Waals surface area contributed by atoms with Gasteiger partial charge in [-0.15, -0.1) is 0 Å². The minimum atomic E-state index is -1.32. The molecule has 1 N–H and O–H groups in total. The van der Waals surface area contributed by atoms with Crippen molar-refractivity contribution in [1.29, 1.82) is 0 Å². The van der Waals surface area contributed by atoms with Crippen molar-refractivity contribution in [2.75, 3.05) is 13.2 Å². The first-order chi connectivity index (χ1) is 11.3. The SMILES string of the molecule is CCOC(=O)N(CC(C)C)C(CC)(Cc1ccccc1C)C(=O)O. The fraction of sp³-hybridized carbons (Fsp3) is 0.579. The molecule has 134 valence electrons. The van der Waals surface area contributed by atoms with Crippen LogP contribution in [0.1, 0.15) is 45.2 Å². The standard InChI is InChI=1S/C19H29NO4/c1-6-19(17(21)22,12-16-11-9-8-10-15(16)5)20(13-14(3)4)18(23)24-7-2/h8-11,14H,6-7,12-13H2,1-5H3,(H,21,22). The first-order valence-electron chi connectivity index (χ1n) is 8.50. The van der Waals surface area contributed by atoms with Crippen LogP contribution in [-0.4, -0.2) is 40.8 Å². The van der Waals surface area contributed by atoms with Crippen LogP contribution in [0, 0.1) is 12.8 Å². The zero-order valence-corrected chi connectivity index (χ0v) is 15.3. The summed E-state index contributed by atoms with van der Waals surface area (Å²) in [6.45, 7) is 9.96. The molecule has 1 atom stereocenters. The zero-order valence-electron chi connectivity index (χ0n) is 15.3. The van der Waals surface area contributed by atoms with Crippen LogP contribution in [0.2, 0.25) is 0 Å². The van der Waals surface area contributed by atoms with E-state index in [1.165, 1.54) is 4.90 Å². The van der Waals surface area contributed by atoms with Crippen LogP contribution in [0.25, 0.3) is 0 Å². The summed E-state index contributed by atoms with van der Waals surface area (Å²) < 4.78 is 5.15. The summed E-state index contributed by atoms with van der Waals surface area (Å²) >= 11 is 0. The smallest absolute Gasteiger partial charge is 0.410 e. The van der Waals surface area contributed by atoms with E-state index in [0.717, 1.165) is 11.1 Å². The van der Waals surface area contributed by atoms with Gasteiger partial charge in [-0.25, -0.2) is 9.59 Å². The molecule has 24 heavy (non-hydrogen) atoms. The predicted molar refractivity (Wildman–Crippen MR) is 94.1 cm³/mol. The lowest BCUT2D eigenvalue weighted by Crippen LogP contribution is -2.59. The summed E-state index contributed by atoms with van der Waals surface area (Å²) in [7, 11) is 0. The van der Waals surface area contributed by atoms with E-state index >= 15 is 0 Å². The van der Waals surface area contributed by atoms with E-state index in [9.17, 15) is 14.7 Å². The number of hydrogen-bond donors (Lipinski definition) is 1. The molecule has 1 unspecified atom stereocenters. The van der Waals surface area contributed by atoms with Crippen molar-refractivity contribution in [2.45, 2.75) is 53.0 Å². The van der Waals surface area contributed by atoms with Crippen LogP contribution >= 0.6 is 0 Å². The number of aliphatic carboxylic acids is 1. The van der Waals surface area contributed by atoms with E-state index in [0.29, 0.717) is 13.0 Å². The van der Waals surface area contributed by atoms with Crippen molar-refractivity contribution in [3.8, 4) is 0 Å². The van der Waals surface area contributed by atoms with Crippen molar-refractivity contribution in [3.63, 3.8) is 0 Å². The summed E-state index contributed by atoms with van der Waals surface area (Å²) in [4.78, 5) is 26.2. The minimum absolute atomic E-state index is 0.136. The fourth-order valence-corrected chi connectivity index (χ4v) is 2.87. The molecule has 5 heteroatoms. The highest BCUT2D eigenvalue weighted by atomic mass is 16.6. The fourth-order valence-electron chi connectivity index (χ4n) is 2.87. The molecule has 1 aromatic rings. The Balaban J connectivity index is 3.35. The Bertz CT molecular complexity index is 570. The maximum Gasteiger partial charge on any atom is 0.410 e. The molecule has 1 amide bonds. The zero-order chi connectivity index (χ0) is 18.3. The summed E-state index contributed by atoms with van der Waals surface area (Å²) in [6, 6.07) is 7.68. The third-order valence-corrected chi connectivity index (χ3v) is 4.28. The van der Waals surface area contributed by atoms with Crippen molar-refractivity contribution in [1.82, 2.24) is 4.90 Å². The molecular formula is C19H29NO4. The van der Waals surface area contributed by atoms with E-state index < -0.39 is 17.6 Å². The van der Waals surface area contributed by atoms with E-state index in [1.54, 1.807) is 13.8 Å². The second-order valence-corrected chi connectivity index (χ2v) is 6.50. The molecule has 0 saturated heterocycles. The summed E-state index contributed by atoms with van der Waals surface area (Å²) in [5.74, 6) is -0.862. The van der Waals surface area contributed by atoms with Crippen LogP contribution in [0.4, 0.5) is 4.79 Å².